The van der Waals surface area contributed by atoms with Gasteiger partial charge >= 0.3 is 0 Å². The van der Waals surface area contributed by atoms with Crippen molar-refractivity contribution in [1.82, 2.24) is 9.78 Å². The van der Waals surface area contributed by atoms with Crippen LogP contribution in [0.5, 0.6) is 11.5 Å². The maximum absolute atomic E-state index is 5.67. The van der Waals surface area contributed by atoms with Crippen LogP contribution >= 0.6 is 0 Å². The quantitative estimate of drug-likeness (QED) is 0.689. The van der Waals surface area contributed by atoms with E-state index in [1.54, 1.807) is 14.2 Å². The zero-order valence-electron chi connectivity index (χ0n) is 16.8. The van der Waals surface area contributed by atoms with Gasteiger partial charge in [-0.2, -0.15) is 5.10 Å². The predicted molar refractivity (Wildman–Crippen MR) is 113 cm³/mol. The van der Waals surface area contributed by atoms with Crippen molar-refractivity contribution in [2.45, 2.75) is 32.6 Å². The first-order chi connectivity index (χ1) is 13.8. The van der Waals surface area contributed by atoms with E-state index in [4.69, 9.17) is 14.6 Å². The fourth-order valence-corrected chi connectivity index (χ4v) is 3.90. The van der Waals surface area contributed by atoms with E-state index in [0.717, 1.165) is 66.5 Å². The molecule has 0 atom stereocenters. The van der Waals surface area contributed by atoms with E-state index in [9.17, 15) is 0 Å². The van der Waals surface area contributed by atoms with Gasteiger partial charge in [-0.05, 0) is 49.4 Å². The van der Waals surface area contributed by atoms with Gasteiger partial charge in [0, 0.05) is 23.7 Å². The lowest BCUT2D eigenvalue weighted by molar-refractivity contribution is 0.395. The number of fused-ring (bicyclic) bond motifs is 1. The normalized spacial score (nSPS) is 13.4. The number of nitrogens with one attached hydrogen (secondary N) is 1. The molecule has 146 valence electrons. The fraction of sp³-hybridized carbons (Fsp3) is 0.348. The van der Waals surface area contributed by atoms with Crippen LogP contribution < -0.4 is 14.8 Å². The Kier molecular flexibility index (Phi) is 5.24. The number of rotatable bonds is 5. The number of benzene rings is 2. The van der Waals surface area contributed by atoms with E-state index in [1.807, 2.05) is 18.2 Å². The number of methoxy groups -OCH3 is 2. The number of aromatic nitrogens is 2. The van der Waals surface area contributed by atoms with E-state index in [2.05, 4.69) is 41.2 Å². The van der Waals surface area contributed by atoms with Gasteiger partial charge in [0.25, 0.3) is 0 Å². The molecular formula is C23H27N3O2. The zero-order chi connectivity index (χ0) is 19.5. The highest BCUT2D eigenvalue weighted by Crippen LogP contribution is 2.39. The topological polar surface area (TPSA) is 48.3 Å². The minimum atomic E-state index is 0.778. The van der Waals surface area contributed by atoms with Gasteiger partial charge in [0.2, 0.25) is 0 Å². The molecule has 3 aromatic rings. The van der Waals surface area contributed by atoms with Gasteiger partial charge in [-0.15, -0.1) is 0 Å². The molecule has 0 saturated carbocycles. The van der Waals surface area contributed by atoms with Gasteiger partial charge in [-0.3, -0.25) is 0 Å². The molecule has 2 aromatic carbocycles. The number of anilines is 1. The highest BCUT2D eigenvalue weighted by Gasteiger charge is 2.24. The Labute approximate surface area is 166 Å². The predicted octanol–water partition coefficient (Wildman–Crippen LogP) is 4.87. The summed E-state index contributed by atoms with van der Waals surface area (Å²) < 4.78 is 13.1. The molecule has 0 amide bonds. The highest BCUT2D eigenvalue weighted by atomic mass is 16.5. The van der Waals surface area contributed by atoms with Gasteiger partial charge in [0.1, 0.15) is 23.0 Å². The van der Waals surface area contributed by atoms with E-state index < -0.39 is 0 Å². The Morgan fingerprint density at radius 2 is 1.93 bits per heavy atom. The van der Waals surface area contributed by atoms with E-state index in [0.29, 0.717) is 0 Å². The second kappa shape index (κ2) is 7.97. The lowest BCUT2D eigenvalue weighted by Crippen LogP contribution is -2.08. The maximum Gasteiger partial charge on any atom is 0.133 e. The summed E-state index contributed by atoms with van der Waals surface area (Å²) in [5, 5.41) is 8.71. The van der Waals surface area contributed by atoms with Gasteiger partial charge in [0.05, 0.1) is 19.9 Å². The molecule has 2 heterocycles. The minimum Gasteiger partial charge on any atom is -0.497 e. The lowest BCUT2D eigenvalue weighted by Gasteiger charge is -2.12. The van der Waals surface area contributed by atoms with Crippen molar-refractivity contribution in [2.24, 2.45) is 0 Å². The summed E-state index contributed by atoms with van der Waals surface area (Å²) in [6.07, 6.45) is 4.27. The molecule has 0 fully saturated rings. The highest BCUT2D eigenvalue weighted by molar-refractivity contribution is 5.76. The first-order valence-corrected chi connectivity index (χ1v) is 9.93. The molecule has 1 aliphatic rings. The Bertz CT molecular complexity index is 978. The molecule has 0 spiro atoms. The van der Waals surface area contributed by atoms with Crippen LogP contribution in [0.1, 0.15) is 30.9 Å². The lowest BCUT2D eigenvalue weighted by atomic mass is 10.0. The largest absolute Gasteiger partial charge is 0.497 e. The molecule has 0 saturated heterocycles. The van der Waals surface area contributed by atoms with Crippen LogP contribution in [0.3, 0.4) is 0 Å². The van der Waals surface area contributed by atoms with Crippen LogP contribution in [0.25, 0.3) is 16.9 Å². The molecule has 1 aliphatic heterocycles. The molecule has 1 aromatic heterocycles. The summed E-state index contributed by atoms with van der Waals surface area (Å²) in [5.74, 6) is 2.66. The minimum absolute atomic E-state index is 0.778. The van der Waals surface area contributed by atoms with Crippen LogP contribution in [0.15, 0.2) is 42.5 Å². The molecule has 0 bridgehead atoms. The molecule has 1 N–H and O–H groups in total. The fourth-order valence-electron chi connectivity index (χ4n) is 3.90. The monoisotopic (exact) mass is 377 g/mol. The van der Waals surface area contributed by atoms with Gasteiger partial charge in [0.15, 0.2) is 0 Å². The van der Waals surface area contributed by atoms with E-state index >= 15 is 0 Å². The second-order valence-corrected chi connectivity index (χ2v) is 7.02. The zero-order valence-corrected chi connectivity index (χ0v) is 16.8. The first-order valence-electron chi connectivity index (χ1n) is 9.93. The van der Waals surface area contributed by atoms with Crippen LogP contribution in [-0.4, -0.2) is 30.5 Å². The van der Waals surface area contributed by atoms with Crippen molar-refractivity contribution in [3.05, 3.63) is 53.6 Å². The van der Waals surface area contributed by atoms with Crippen molar-refractivity contribution in [1.29, 1.82) is 0 Å². The third kappa shape index (κ3) is 3.21. The first kappa shape index (κ1) is 18.4. The van der Waals surface area contributed by atoms with Crippen molar-refractivity contribution >= 4 is 5.82 Å². The van der Waals surface area contributed by atoms with Crippen molar-refractivity contribution in [3.8, 4) is 28.4 Å². The third-order valence-corrected chi connectivity index (χ3v) is 5.39. The summed E-state index contributed by atoms with van der Waals surface area (Å²) in [7, 11) is 3.36. The Hall–Kier alpha value is -2.95. The second-order valence-electron chi connectivity index (χ2n) is 7.02. The van der Waals surface area contributed by atoms with E-state index in [1.165, 1.54) is 11.1 Å². The van der Waals surface area contributed by atoms with Crippen LogP contribution in [0.2, 0.25) is 0 Å². The summed E-state index contributed by atoms with van der Waals surface area (Å²) in [6.45, 7) is 3.15. The molecule has 0 radical (unpaired) electrons. The summed E-state index contributed by atoms with van der Waals surface area (Å²) >= 11 is 0. The summed E-state index contributed by atoms with van der Waals surface area (Å²) in [4.78, 5) is 0. The van der Waals surface area contributed by atoms with Crippen LogP contribution in [0, 0.1) is 0 Å². The standard InChI is InChI=1S/C23H27N3O2/c1-4-16-9-5-6-11-20(16)26-23-19(10-7-8-14-24-23)22(25-26)18-13-12-17(27-2)15-21(18)28-3/h5-6,9,11-13,15,24H,4,7-8,10,14H2,1-3H3. The van der Waals surface area contributed by atoms with Crippen molar-refractivity contribution < 1.29 is 9.47 Å². The summed E-state index contributed by atoms with van der Waals surface area (Å²) in [6, 6.07) is 14.4. The number of hydrogen-bond acceptors (Lipinski definition) is 4. The number of aryl methyl sites for hydroxylation is 1. The third-order valence-electron chi connectivity index (χ3n) is 5.39. The Morgan fingerprint density at radius 3 is 2.71 bits per heavy atom. The molecular weight excluding hydrogens is 350 g/mol. The molecule has 0 aliphatic carbocycles. The van der Waals surface area contributed by atoms with Gasteiger partial charge in [-0.25, -0.2) is 4.68 Å². The Balaban J connectivity index is 1.93. The number of hydrogen-bond donors (Lipinski definition) is 1. The number of ether oxygens (including phenoxy) is 2. The average Bonchev–Trinajstić information content (AvgIpc) is 2.93. The van der Waals surface area contributed by atoms with Crippen LogP contribution in [0.4, 0.5) is 5.82 Å². The molecule has 5 heteroatoms. The van der Waals surface area contributed by atoms with Crippen molar-refractivity contribution in [3.63, 3.8) is 0 Å². The van der Waals surface area contributed by atoms with Crippen LogP contribution in [-0.2, 0) is 12.8 Å². The van der Waals surface area contributed by atoms with Gasteiger partial charge in [-0.1, -0.05) is 25.1 Å². The maximum atomic E-state index is 5.67. The average molecular weight is 377 g/mol. The SMILES string of the molecule is CCc1ccccc1-n1nc(-c2ccc(OC)cc2OC)c2c1NCCCC2. The molecule has 4 rings (SSSR count). The Morgan fingerprint density at radius 1 is 1.07 bits per heavy atom. The number of para-hydroxylation sites is 1. The smallest absolute Gasteiger partial charge is 0.133 e. The van der Waals surface area contributed by atoms with Crippen molar-refractivity contribution in [2.75, 3.05) is 26.1 Å². The van der Waals surface area contributed by atoms with E-state index in [-0.39, 0.29) is 0 Å². The molecule has 5 nitrogen and oxygen atoms in total. The number of nitrogens with zero attached hydrogens (tertiary/aromatic N) is 2. The molecule has 0 unspecified atom stereocenters. The molecule has 28 heavy (non-hydrogen) atoms. The van der Waals surface area contributed by atoms with Gasteiger partial charge < -0.3 is 14.8 Å². The summed E-state index contributed by atoms with van der Waals surface area (Å²) in [5.41, 5.74) is 5.65.